The summed E-state index contributed by atoms with van der Waals surface area (Å²) >= 11 is 0. The molecular weight excluding hydrogens is 288 g/mol. The van der Waals surface area contributed by atoms with Gasteiger partial charge in [-0.15, -0.1) is 0 Å². The zero-order valence-electron chi connectivity index (χ0n) is 9.42. The lowest BCUT2D eigenvalue weighted by Gasteiger charge is -2.04. The van der Waals surface area contributed by atoms with Gasteiger partial charge in [-0.2, -0.15) is 8.78 Å². The van der Waals surface area contributed by atoms with E-state index in [1.165, 1.54) is 0 Å². The van der Waals surface area contributed by atoms with E-state index in [2.05, 4.69) is 4.74 Å². The third kappa shape index (κ3) is 8.44. The van der Waals surface area contributed by atoms with Crippen molar-refractivity contribution < 1.29 is 39.9 Å². The third-order valence-electron chi connectivity index (χ3n) is 1.77. The van der Waals surface area contributed by atoms with E-state index in [-0.39, 0.29) is 0 Å². The molecule has 0 aromatic heterocycles. The molecule has 0 spiro atoms. The lowest BCUT2D eigenvalue weighted by molar-refractivity contribution is 0.114. The third-order valence-corrected chi connectivity index (χ3v) is 1.77. The molecule has 0 aliphatic heterocycles. The second-order valence-corrected chi connectivity index (χ2v) is 3.32. The average Bonchev–Trinajstić information content (AvgIpc) is 2.32. The molecule has 0 amide bonds. The van der Waals surface area contributed by atoms with E-state index >= 15 is 0 Å². The van der Waals surface area contributed by atoms with Crippen molar-refractivity contribution in [2.24, 2.45) is 0 Å². The van der Waals surface area contributed by atoms with Crippen LogP contribution >= 0.6 is 0 Å². The normalized spacial score (nSPS) is 14.6. The molecule has 0 aromatic carbocycles. The van der Waals surface area contributed by atoms with Gasteiger partial charge in [-0.25, -0.2) is 26.3 Å². The maximum Gasteiger partial charge on any atom is 0.312 e. The SMILES string of the molecule is FC(CCC(F)F)=C(F)OC(F)=C(F)CCC(F)F. The highest BCUT2D eigenvalue weighted by atomic mass is 19.3. The quantitative estimate of drug-likeness (QED) is 0.436. The fourth-order valence-electron chi connectivity index (χ4n) is 0.858. The van der Waals surface area contributed by atoms with Crippen LogP contribution in [0.5, 0.6) is 0 Å². The van der Waals surface area contributed by atoms with Gasteiger partial charge >= 0.3 is 12.0 Å². The lowest BCUT2D eigenvalue weighted by atomic mass is 10.3. The van der Waals surface area contributed by atoms with E-state index in [0.29, 0.717) is 0 Å². The smallest absolute Gasteiger partial charge is 0.312 e. The minimum atomic E-state index is -2.90. The average molecular weight is 298 g/mol. The van der Waals surface area contributed by atoms with Crippen molar-refractivity contribution in [2.75, 3.05) is 0 Å². The molecule has 0 saturated carbocycles. The van der Waals surface area contributed by atoms with E-state index < -0.39 is 62.2 Å². The molecule has 19 heavy (non-hydrogen) atoms. The second kappa shape index (κ2) is 8.76. The summed E-state index contributed by atoms with van der Waals surface area (Å²) in [6.45, 7) is 0. The fraction of sp³-hybridized carbons (Fsp3) is 0.600. The molecular formula is C10H10F8O. The molecule has 0 aromatic rings. The lowest BCUT2D eigenvalue weighted by Crippen LogP contribution is -1.96. The molecule has 0 fully saturated rings. The summed E-state index contributed by atoms with van der Waals surface area (Å²) in [6.07, 6.45) is -9.97. The van der Waals surface area contributed by atoms with Gasteiger partial charge < -0.3 is 4.74 Å². The van der Waals surface area contributed by atoms with Crippen molar-refractivity contribution in [3.63, 3.8) is 0 Å². The maximum absolute atomic E-state index is 12.7. The number of halogens is 8. The van der Waals surface area contributed by atoms with Crippen LogP contribution in [0.1, 0.15) is 25.7 Å². The first-order valence-corrected chi connectivity index (χ1v) is 5.06. The van der Waals surface area contributed by atoms with E-state index in [9.17, 15) is 35.1 Å². The Balaban J connectivity index is 4.47. The van der Waals surface area contributed by atoms with Crippen molar-refractivity contribution >= 4 is 0 Å². The summed E-state index contributed by atoms with van der Waals surface area (Å²) in [4.78, 5) is 0. The van der Waals surface area contributed by atoms with Gasteiger partial charge in [-0.05, 0) is 0 Å². The van der Waals surface area contributed by atoms with Gasteiger partial charge in [0.15, 0.2) is 11.7 Å². The number of allylic oxidation sites excluding steroid dienone is 2. The second-order valence-electron chi connectivity index (χ2n) is 3.32. The van der Waals surface area contributed by atoms with Crippen molar-refractivity contribution in [1.82, 2.24) is 0 Å². The van der Waals surface area contributed by atoms with Crippen LogP contribution in [0, 0.1) is 0 Å². The molecule has 9 heteroatoms. The highest BCUT2D eigenvalue weighted by molar-refractivity contribution is 5.00. The number of rotatable bonds is 8. The van der Waals surface area contributed by atoms with Crippen LogP contribution in [0.3, 0.4) is 0 Å². The molecule has 0 atom stereocenters. The molecule has 0 N–H and O–H groups in total. The van der Waals surface area contributed by atoms with Crippen molar-refractivity contribution in [3.05, 3.63) is 23.7 Å². The standard InChI is InChI=1S/C10H10F8O/c11-5(1-3-7(13)14)9(17)19-10(18)6(12)2-4-8(15)16/h7-8H,1-4H2. The highest BCUT2D eigenvalue weighted by Crippen LogP contribution is 2.24. The molecule has 0 saturated heterocycles. The number of hydrogen-bond donors (Lipinski definition) is 0. The molecule has 0 rings (SSSR count). The summed E-state index contributed by atoms with van der Waals surface area (Å²) in [7, 11) is 0. The summed E-state index contributed by atoms with van der Waals surface area (Å²) in [5, 5.41) is 0. The first kappa shape index (κ1) is 17.7. The first-order valence-electron chi connectivity index (χ1n) is 5.06. The molecule has 0 heterocycles. The van der Waals surface area contributed by atoms with Crippen molar-refractivity contribution in [2.45, 2.75) is 38.5 Å². The van der Waals surface area contributed by atoms with Gasteiger partial charge in [0, 0.05) is 25.7 Å². The molecule has 0 bridgehead atoms. The Morgan fingerprint density at radius 3 is 1.26 bits per heavy atom. The summed E-state index contributed by atoms with van der Waals surface area (Å²) in [6, 6.07) is -4.43. The predicted octanol–water partition coefficient (Wildman–Crippen LogP) is 5.31. The summed E-state index contributed by atoms with van der Waals surface area (Å²) in [5.74, 6) is -3.64. The predicted molar refractivity (Wildman–Crippen MR) is 50.0 cm³/mol. The molecule has 0 unspecified atom stereocenters. The Morgan fingerprint density at radius 2 is 1.00 bits per heavy atom. The van der Waals surface area contributed by atoms with Crippen LogP contribution in [0.2, 0.25) is 0 Å². The van der Waals surface area contributed by atoms with Crippen molar-refractivity contribution in [1.29, 1.82) is 0 Å². The topological polar surface area (TPSA) is 9.23 Å². The van der Waals surface area contributed by atoms with Crippen LogP contribution in [-0.4, -0.2) is 12.9 Å². The Hall–Kier alpha value is -1.28. The van der Waals surface area contributed by atoms with Crippen molar-refractivity contribution in [3.8, 4) is 0 Å². The summed E-state index contributed by atoms with van der Waals surface area (Å²) < 4.78 is 101. The molecule has 112 valence electrons. The Morgan fingerprint density at radius 1 is 0.684 bits per heavy atom. The van der Waals surface area contributed by atoms with Gasteiger partial charge in [-0.1, -0.05) is 0 Å². The Kier molecular flexibility index (Phi) is 8.17. The van der Waals surface area contributed by atoms with Crippen LogP contribution in [0.15, 0.2) is 23.7 Å². The molecule has 0 radical (unpaired) electrons. The van der Waals surface area contributed by atoms with Gasteiger partial charge in [-0.3, -0.25) is 0 Å². The number of hydrogen-bond acceptors (Lipinski definition) is 1. The van der Waals surface area contributed by atoms with Crippen LogP contribution in [0.25, 0.3) is 0 Å². The Bertz CT molecular complexity index is 304. The van der Waals surface area contributed by atoms with Gasteiger partial charge in [0.2, 0.25) is 12.9 Å². The largest absolute Gasteiger partial charge is 0.400 e. The van der Waals surface area contributed by atoms with E-state index in [4.69, 9.17) is 0 Å². The molecule has 0 aliphatic carbocycles. The van der Waals surface area contributed by atoms with Crippen LogP contribution in [-0.2, 0) is 4.74 Å². The van der Waals surface area contributed by atoms with Crippen LogP contribution in [0.4, 0.5) is 35.1 Å². The number of alkyl halides is 4. The monoisotopic (exact) mass is 298 g/mol. The summed E-state index contributed by atoms with van der Waals surface area (Å²) in [5.41, 5.74) is 0. The number of ether oxygens (including phenoxy) is 1. The van der Waals surface area contributed by atoms with E-state index in [1.54, 1.807) is 0 Å². The molecule has 1 nitrogen and oxygen atoms in total. The Labute approximate surface area is 103 Å². The zero-order chi connectivity index (χ0) is 15.0. The first-order chi connectivity index (χ1) is 8.73. The van der Waals surface area contributed by atoms with Gasteiger partial charge in [0.1, 0.15) is 0 Å². The minimum Gasteiger partial charge on any atom is -0.400 e. The highest BCUT2D eigenvalue weighted by Gasteiger charge is 2.17. The fourth-order valence-corrected chi connectivity index (χ4v) is 0.858. The van der Waals surface area contributed by atoms with Gasteiger partial charge in [0.25, 0.3) is 0 Å². The minimum absolute atomic E-state index is 1.03. The zero-order valence-corrected chi connectivity index (χ0v) is 9.42. The van der Waals surface area contributed by atoms with E-state index in [1.807, 2.05) is 0 Å². The maximum atomic E-state index is 12.7. The van der Waals surface area contributed by atoms with Gasteiger partial charge in [0.05, 0.1) is 0 Å². The molecule has 0 aliphatic rings. The van der Waals surface area contributed by atoms with E-state index in [0.717, 1.165) is 0 Å². The van der Waals surface area contributed by atoms with Crippen LogP contribution < -0.4 is 0 Å².